The van der Waals surface area contributed by atoms with Crippen LogP contribution in [0, 0.1) is 6.92 Å². The smallest absolute Gasteiger partial charge is 0.297 e. The van der Waals surface area contributed by atoms with Crippen LogP contribution in [-0.4, -0.2) is 41.5 Å². The Labute approximate surface area is 179 Å². The highest BCUT2D eigenvalue weighted by Gasteiger charge is 2.31. The summed E-state index contributed by atoms with van der Waals surface area (Å²) in [6.07, 6.45) is 3.39. The van der Waals surface area contributed by atoms with Gasteiger partial charge in [-0.25, -0.2) is 0 Å². The van der Waals surface area contributed by atoms with E-state index in [9.17, 15) is 8.42 Å². The maximum Gasteiger partial charge on any atom is 0.297 e. The van der Waals surface area contributed by atoms with Crippen LogP contribution in [0.2, 0.25) is 0 Å². The number of hydrogen-bond donors (Lipinski definition) is 0. The van der Waals surface area contributed by atoms with Crippen LogP contribution in [0.25, 0.3) is 0 Å². The molecule has 0 bridgehead atoms. The SMILES string of the molecule is COc1ccc(CCOC2CCCC[C@@H]2OS(=O)(=O)c2ccc(C)cc2)cc1OC. The highest BCUT2D eigenvalue weighted by atomic mass is 32.2. The summed E-state index contributed by atoms with van der Waals surface area (Å²) in [7, 11) is -0.601. The lowest BCUT2D eigenvalue weighted by molar-refractivity contribution is -0.0440. The lowest BCUT2D eigenvalue weighted by Gasteiger charge is -2.30. The van der Waals surface area contributed by atoms with Crippen molar-refractivity contribution in [2.75, 3.05) is 20.8 Å². The zero-order chi connectivity index (χ0) is 21.6. The van der Waals surface area contributed by atoms with Crippen LogP contribution in [0.15, 0.2) is 47.4 Å². The van der Waals surface area contributed by atoms with Crippen LogP contribution in [-0.2, 0) is 25.5 Å². The van der Waals surface area contributed by atoms with Gasteiger partial charge in [-0.3, -0.25) is 4.18 Å². The maximum absolute atomic E-state index is 12.7. The molecule has 2 atom stereocenters. The predicted molar refractivity (Wildman–Crippen MR) is 115 cm³/mol. The van der Waals surface area contributed by atoms with Crippen molar-refractivity contribution in [3.63, 3.8) is 0 Å². The van der Waals surface area contributed by atoms with E-state index in [0.29, 0.717) is 30.9 Å². The van der Waals surface area contributed by atoms with Gasteiger partial charge in [-0.1, -0.05) is 36.6 Å². The van der Waals surface area contributed by atoms with Crippen molar-refractivity contribution < 1.29 is 26.8 Å². The largest absolute Gasteiger partial charge is 0.493 e. The van der Waals surface area contributed by atoms with Crippen LogP contribution in [0.3, 0.4) is 0 Å². The lowest BCUT2D eigenvalue weighted by Crippen LogP contribution is -2.36. The second-order valence-corrected chi connectivity index (χ2v) is 9.11. The summed E-state index contributed by atoms with van der Waals surface area (Å²) in [5.41, 5.74) is 2.07. The number of rotatable bonds is 9. The molecule has 0 saturated heterocycles. The number of ether oxygens (including phenoxy) is 3. The van der Waals surface area contributed by atoms with Crippen LogP contribution in [0.5, 0.6) is 11.5 Å². The third kappa shape index (κ3) is 5.74. The summed E-state index contributed by atoms with van der Waals surface area (Å²) in [5.74, 6) is 1.36. The van der Waals surface area contributed by atoms with Crippen molar-refractivity contribution >= 4 is 10.1 Å². The van der Waals surface area contributed by atoms with Gasteiger partial charge in [-0.05, 0) is 56.0 Å². The van der Waals surface area contributed by atoms with E-state index in [-0.39, 0.29) is 11.0 Å². The standard InChI is InChI=1S/C23H30O6S/c1-17-8-11-19(12-9-17)30(24,25)29-22-7-5-4-6-21(22)28-15-14-18-10-13-20(26-2)23(16-18)27-3/h8-13,16,21-22H,4-7,14-15H2,1-3H3/t21?,22-/m0/s1. The Kier molecular flexibility index (Phi) is 7.75. The van der Waals surface area contributed by atoms with Gasteiger partial charge in [0.25, 0.3) is 10.1 Å². The average Bonchev–Trinajstić information content (AvgIpc) is 2.75. The van der Waals surface area contributed by atoms with E-state index in [1.807, 2.05) is 25.1 Å². The Hall–Kier alpha value is -2.09. The second kappa shape index (κ2) is 10.3. The number of hydrogen-bond acceptors (Lipinski definition) is 6. The van der Waals surface area contributed by atoms with E-state index >= 15 is 0 Å². The van der Waals surface area contributed by atoms with Gasteiger partial charge >= 0.3 is 0 Å². The van der Waals surface area contributed by atoms with Gasteiger partial charge in [0.2, 0.25) is 0 Å². The first-order valence-corrected chi connectivity index (χ1v) is 11.7. The summed E-state index contributed by atoms with van der Waals surface area (Å²) >= 11 is 0. The van der Waals surface area contributed by atoms with Gasteiger partial charge < -0.3 is 14.2 Å². The lowest BCUT2D eigenvalue weighted by atomic mass is 9.95. The molecule has 0 spiro atoms. The summed E-state index contributed by atoms with van der Waals surface area (Å²) in [4.78, 5) is 0.183. The molecule has 0 aliphatic heterocycles. The second-order valence-electron chi connectivity index (χ2n) is 7.53. The Morgan fingerprint density at radius 2 is 1.57 bits per heavy atom. The molecule has 6 nitrogen and oxygen atoms in total. The highest BCUT2D eigenvalue weighted by Crippen LogP contribution is 2.29. The molecular formula is C23H30O6S. The van der Waals surface area contributed by atoms with E-state index in [1.165, 1.54) is 0 Å². The fourth-order valence-corrected chi connectivity index (χ4v) is 4.78. The van der Waals surface area contributed by atoms with Gasteiger partial charge in [0.15, 0.2) is 11.5 Å². The molecule has 0 N–H and O–H groups in total. The van der Waals surface area contributed by atoms with Gasteiger partial charge in [0.05, 0.1) is 31.8 Å². The third-order valence-corrected chi connectivity index (χ3v) is 6.72. The average molecular weight is 435 g/mol. The minimum atomic E-state index is -3.81. The van der Waals surface area contributed by atoms with Crippen molar-refractivity contribution in [3.05, 3.63) is 53.6 Å². The van der Waals surface area contributed by atoms with E-state index in [0.717, 1.165) is 30.4 Å². The third-order valence-electron chi connectivity index (χ3n) is 5.37. The monoisotopic (exact) mass is 434 g/mol. The molecule has 1 unspecified atom stereocenters. The molecule has 2 aromatic carbocycles. The quantitative estimate of drug-likeness (QED) is 0.549. The normalized spacial score (nSPS) is 19.4. The topological polar surface area (TPSA) is 71.1 Å². The summed E-state index contributed by atoms with van der Waals surface area (Å²) in [6, 6.07) is 12.5. The molecule has 2 aromatic rings. The molecule has 0 radical (unpaired) electrons. The first-order chi connectivity index (χ1) is 14.4. The van der Waals surface area contributed by atoms with E-state index in [1.54, 1.807) is 38.5 Å². The van der Waals surface area contributed by atoms with Crippen LogP contribution >= 0.6 is 0 Å². The van der Waals surface area contributed by atoms with Gasteiger partial charge in [-0.2, -0.15) is 8.42 Å². The molecule has 1 saturated carbocycles. The van der Waals surface area contributed by atoms with Gasteiger partial charge in [-0.15, -0.1) is 0 Å². The minimum Gasteiger partial charge on any atom is -0.493 e. The van der Waals surface area contributed by atoms with E-state index in [2.05, 4.69) is 0 Å². The van der Waals surface area contributed by atoms with Crippen molar-refractivity contribution in [2.45, 2.75) is 56.1 Å². The Bertz CT molecular complexity index is 923. The Balaban J connectivity index is 1.60. The fraction of sp³-hybridized carbons (Fsp3) is 0.478. The number of methoxy groups -OCH3 is 2. The molecule has 0 amide bonds. The minimum absolute atomic E-state index is 0.183. The molecule has 164 valence electrons. The summed E-state index contributed by atoms with van der Waals surface area (Å²) in [5, 5.41) is 0. The van der Waals surface area contributed by atoms with Crippen LogP contribution in [0.4, 0.5) is 0 Å². The van der Waals surface area contributed by atoms with Crippen molar-refractivity contribution in [2.24, 2.45) is 0 Å². The van der Waals surface area contributed by atoms with Crippen molar-refractivity contribution in [1.82, 2.24) is 0 Å². The van der Waals surface area contributed by atoms with E-state index in [4.69, 9.17) is 18.4 Å². The molecule has 1 aliphatic carbocycles. The molecule has 30 heavy (non-hydrogen) atoms. The molecule has 0 aromatic heterocycles. The van der Waals surface area contributed by atoms with E-state index < -0.39 is 16.2 Å². The first kappa shape index (κ1) is 22.6. The van der Waals surface area contributed by atoms with Crippen LogP contribution in [0.1, 0.15) is 36.8 Å². The van der Waals surface area contributed by atoms with Crippen LogP contribution < -0.4 is 9.47 Å². The number of benzene rings is 2. The Morgan fingerprint density at radius 3 is 2.23 bits per heavy atom. The molecule has 0 heterocycles. The molecular weight excluding hydrogens is 404 g/mol. The van der Waals surface area contributed by atoms with Crippen molar-refractivity contribution in [1.29, 1.82) is 0 Å². The number of aryl methyl sites for hydroxylation is 1. The molecule has 1 aliphatic rings. The highest BCUT2D eigenvalue weighted by molar-refractivity contribution is 7.86. The first-order valence-electron chi connectivity index (χ1n) is 10.3. The fourth-order valence-electron chi connectivity index (χ4n) is 3.65. The molecule has 3 rings (SSSR count). The maximum atomic E-state index is 12.7. The Morgan fingerprint density at radius 1 is 0.900 bits per heavy atom. The zero-order valence-electron chi connectivity index (χ0n) is 17.8. The molecule has 1 fully saturated rings. The summed E-state index contributed by atoms with van der Waals surface area (Å²) < 4.78 is 47.6. The van der Waals surface area contributed by atoms with Crippen molar-refractivity contribution in [3.8, 4) is 11.5 Å². The predicted octanol–water partition coefficient (Wildman–Crippen LogP) is 4.29. The zero-order valence-corrected chi connectivity index (χ0v) is 18.6. The van der Waals surface area contributed by atoms with Gasteiger partial charge in [0.1, 0.15) is 6.10 Å². The van der Waals surface area contributed by atoms with Gasteiger partial charge in [0, 0.05) is 0 Å². The molecule has 7 heteroatoms. The summed E-state index contributed by atoms with van der Waals surface area (Å²) in [6.45, 7) is 2.39.